The number of amides is 1. The fourth-order valence-corrected chi connectivity index (χ4v) is 3.40. The Morgan fingerprint density at radius 1 is 1.17 bits per heavy atom. The number of carbonyl (C=O) groups excluding carboxylic acids is 1. The highest BCUT2D eigenvalue weighted by Gasteiger charge is 2.21. The van der Waals surface area contributed by atoms with Gasteiger partial charge in [0.1, 0.15) is 6.33 Å². The molecule has 0 atom stereocenters. The predicted octanol–water partition coefficient (Wildman–Crippen LogP) is 4.48. The van der Waals surface area contributed by atoms with Gasteiger partial charge in [-0.05, 0) is 54.8 Å². The van der Waals surface area contributed by atoms with E-state index in [1.165, 1.54) is 18.0 Å². The molecule has 1 aliphatic heterocycles. The van der Waals surface area contributed by atoms with Crippen LogP contribution in [-0.2, 0) is 11.2 Å². The minimum absolute atomic E-state index is 0.271. The summed E-state index contributed by atoms with van der Waals surface area (Å²) in [5, 5.41) is 6.57. The van der Waals surface area contributed by atoms with Gasteiger partial charge in [-0.2, -0.15) is 4.98 Å². The normalized spacial score (nSPS) is 12.8. The topological polar surface area (TPSA) is 83.0 Å². The lowest BCUT2D eigenvalue weighted by Crippen LogP contribution is -2.26. The van der Waals surface area contributed by atoms with Crippen molar-refractivity contribution in [2.24, 2.45) is 0 Å². The zero-order valence-corrected chi connectivity index (χ0v) is 16.4. The molecule has 0 fully saturated rings. The quantitative estimate of drug-likeness (QED) is 0.608. The number of carbonyl (C=O) groups is 1. The van der Waals surface area contributed by atoms with Crippen LogP contribution in [0.1, 0.15) is 12.0 Å². The molecular formula is C21H19ClN6O. The van der Waals surface area contributed by atoms with Crippen molar-refractivity contribution in [3.8, 4) is 0 Å². The summed E-state index contributed by atoms with van der Waals surface area (Å²) in [6.45, 7) is 4.26. The fourth-order valence-electron chi connectivity index (χ4n) is 3.23. The average Bonchev–Trinajstić information content (AvgIpc) is 2.73. The summed E-state index contributed by atoms with van der Waals surface area (Å²) in [6, 6.07) is 13.2. The van der Waals surface area contributed by atoms with E-state index in [2.05, 4.69) is 37.1 Å². The standard InChI is InChI=1S/C21H19ClN6O/c1-2-19(29)25-16-6-3-7-17(12-16)26-20-23-13-24-21(27-20)28-10-4-5-14-8-9-15(22)11-18(14)28/h2-3,6-9,11-13H,1,4-5,10H2,(H,25,29)(H,23,24,26,27). The summed E-state index contributed by atoms with van der Waals surface area (Å²) < 4.78 is 0. The molecular weight excluding hydrogens is 388 g/mol. The summed E-state index contributed by atoms with van der Waals surface area (Å²) in [4.78, 5) is 26.7. The van der Waals surface area contributed by atoms with E-state index >= 15 is 0 Å². The van der Waals surface area contributed by atoms with Gasteiger partial charge in [0.15, 0.2) is 0 Å². The number of nitrogens with one attached hydrogen (secondary N) is 2. The van der Waals surface area contributed by atoms with Crippen molar-refractivity contribution in [1.82, 2.24) is 15.0 Å². The van der Waals surface area contributed by atoms with Gasteiger partial charge < -0.3 is 15.5 Å². The lowest BCUT2D eigenvalue weighted by molar-refractivity contribution is -0.111. The Balaban J connectivity index is 1.58. The Morgan fingerprint density at radius 2 is 2.03 bits per heavy atom. The SMILES string of the molecule is C=CC(=O)Nc1cccc(Nc2ncnc(N3CCCc4ccc(Cl)cc43)n2)c1. The van der Waals surface area contributed by atoms with Crippen molar-refractivity contribution in [2.75, 3.05) is 22.1 Å². The Morgan fingerprint density at radius 3 is 2.90 bits per heavy atom. The number of anilines is 5. The lowest BCUT2D eigenvalue weighted by atomic mass is 10.0. The highest BCUT2D eigenvalue weighted by Crippen LogP contribution is 2.33. The van der Waals surface area contributed by atoms with Crippen molar-refractivity contribution in [1.29, 1.82) is 0 Å². The second-order valence-corrected chi connectivity index (χ2v) is 6.97. The average molecular weight is 407 g/mol. The maximum atomic E-state index is 11.5. The van der Waals surface area contributed by atoms with Crippen LogP contribution in [0, 0.1) is 0 Å². The minimum Gasteiger partial charge on any atom is -0.324 e. The lowest BCUT2D eigenvalue weighted by Gasteiger charge is -2.29. The second kappa shape index (κ2) is 8.28. The molecule has 1 aliphatic rings. The minimum atomic E-state index is -0.271. The Kier molecular flexibility index (Phi) is 5.39. The number of hydrogen-bond acceptors (Lipinski definition) is 6. The first-order valence-corrected chi connectivity index (χ1v) is 9.56. The van der Waals surface area contributed by atoms with Gasteiger partial charge in [0.2, 0.25) is 17.8 Å². The van der Waals surface area contributed by atoms with E-state index in [9.17, 15) is 4.79 Å². The van der Waals surface area contributed by atoms with Crippen molar-refractivity contribution >= 4 is 46.5 Å². The van der Waals surface area contributed by atoms with E-state index in [1.54, 1.807) is 12.1 Å². The van der Waals surface area contributed by atoms with E-state index in [0.29, 0.717) is 22.6 Å². The van der Waals surface area contributed by atoms with Crippen LogP contribution in [0.15, 0.2) is 61.4 Å². The summed E-state index contributed by atoms with van der Waals surface area (Å²) in [7, 11) is 0. The van der Waals surface area contributed by atoms with E-state index < -0.39 is 0 Å². The van der Waals surface area contributed by atoms with Crippen molar-refractivity contribution in [3.63, 3.8) is 0 Å². The Hall–Kier alpha value is -3.45. The highest BCUT2D eigenvalue weighted by molar-refractivity contribution is 6.30. The van der Waals surface area contributed by atoms with Gasteiger partial charge in [0.05, 0.1) is 0 Å². The van der Waals surface area contributed by atoms with Gasteiger partial charge in [0.25, 0.3) is 0 Å². The van der Waals surface area contributed by atoms with E-state index in [4.69, 9.17) is 11.6 Å². The number of halogens is 1. The molecule has 3 aromatic rings. The van der Waals surface area contributed by atoms with Gasteiger partial charge in [-0.15, -0.1) is 0 Å². The van der Waals surface area contributed by atoms with Crippen molar-refractivity contribution in [3.05, 3.63) is 72.0 Å². The molecule has 7 nitrogen and oxygen atoms in total. The highest BCUT2D eigenvalue weighted by atomic mass is 35.5. The molecule has 8 heteroatoms. The molecule has 0 aliphatic carbocycles. The molecule has 4 rings (SSSR count). The molecule has 1 aromatic heterocycles. The number of nitrogens with zero attached hydrogens (tertiary/aromatic N) is 4. The number of aromatic nitrogens is 3. The first kappa shape index (κ1) is 18.9. The van der Waals surface area contributed by atoms with E-state index in [1.807, 2.05) is 30.3 Å². The maximum absolute atomic E-state index is 11.5. The molecule has 29 heavy (non-hydrogen) atoms. The molecule has 2 heterocycles. The first-order valence-electron chi connectivity index (χ1n) is 9.18. The van der Waals surface area contributed by atoms with Crippen LogP contribution in [0.3, 0.4) is 0 Å². The molecule has 0 saturated heterocycles. The summed E-state index contributed by atoms with van der Waals surface area (Å²) in [5.74, 6) is 0.699. The van der Waals surface area contributed by atoms with Gasteiger partial charge in [0, 0.05) is 28.6 Å². The van der Waals surface area contributed by atoms with Gasteiger partial charge in [-0.3, -0.25) is 4.79 Å². The molecule has 0 saturated carbocycles. The molecule has 1 amide bonds. The largest absolute Gasteiger partial charge is 0.324 e. The molecule has 0 bridgehead atoms. The molecule has 2 aromatic carbocycles. The van der Waals surface area contributed by atoms with Crippen molar-refractivity contribution in [2.45, 2.75) is 12.8 Å². The summed E-state index contributed by atoms with van der Waals surface area (Å²) in [5.41, 5.74) is 3.64. The molecule has 2 N–H and O–H groups in total. The second-order valence-electron chi connectivity index (χ2n) is 6.54. The fraction of sp³-hybridized carbons (Fsp3) is 0.143. The number of benzene rings is 2. The third-order valence-electron chi connectivity index (χ3n) is 4.54. The van der Waals surface area contributed by atoms with Crippen LogP contribution in [0.5, 0.6) is 0 Å². The number of rotatable bonds is 5. The molecule has 0 radical (unpaired) electrons. The van der Waals surface area contributed by atoms with E-state index in [0.717, 1.165) is 30.8 Å². The number of hydrogen-bond donors (Lipinski definition) is 2. The van der Waals surface area contributed by atoms with E-state index in [-0.39, 0.29) is 5.91 Å². The summed E-state index contributed by atoms with van der Waals surface area (Å²) >= 11 is 6.20. The third kappa shape index (κ3) is 4.35. The van der Waals surface area contributed by atoms with Gasteiger partial charge in [-0.25, -0.2) is 9.97 Å². The van der Waals surface area contributed by atoms with Crippen LogP contribution in [-0.4, -0.2) is 27.4 Å². The van der Waals surface area contributed by atoms with Crippen LogP contribution in [0.2, 0.25) is 5.02 Å². The monoisotopic (exact) mass is 406 g/mol. The van der Waals surface area contributed by atoms with Crippen LogP contribution < -0.4 is 15.5 Å². The number of aryl methyl sites for hydroxylation is 1. The Bertz CT molecular complexity index is 1070. The van der Waals surface area contributed by atoms with Gasteiger partial charge in [-0.1, -0.05) is 30.3 Å². The third-order valence-corrected chi connectivity index (χ3v) is 4.77. The molecule has 146 valence electrons. The first-order chi connectivity index (χ1) is 14.1. The Labute approximate surface area is 173 Å². The van der Waals surface area contributed by atoms with Crippen molar-refractivity contribution < 1.29 is 4.79 Å². The van der Waals surface area contributed by atoms with Gasteiger partial charge >= 0.3 is 0 Å². The van der Waals surface area contributed by atoms with Crippen LogP contribution in [0.4, 0.5) is 29.0 Å². The molecule has 0 spiro atoms. The predicted molar refractivity (Wildman–Crippen MR) is 115 cm³/mol. The summed E-state index contributed by atoms with van der Waals surface area (Å²) in [6.07, 6.45) is 4.71. The zero-order valence-electron chi connectivity index (χ0n) is 15.6. The maximum Gasteiger partial charge on any atom is 0.247 e. The molecule has 0 unspecified atom stereocenters. The van der Waals surface area contributed by atoms with Crippen LogP contribution in [0.25, 0.3) is 0 Å². The number of fused-ring (bicyclic) bond motifs is 1. The smallest absolute Gasteiger partial charge is 0.247 e. The zero-order chi connectivity index (χ0) is 20.2. The van der Waals surface area contributed by atoms with Crippen LogP contribution >= 0.6 is 11.6 Å².